The summed E-state index contributed by atoms with van der Waals surface area (Å²) in [6.07, 6.45) is 0. The van der Waals surface area contributed by atoms with E-state index in [0.717, 1.165) is 4.90 Å². The third-order valence-electron chi connectivity index (χ3n) is 2.49. The highest BCUT2D eigenvalue weighted by atomic mass is 16.5. The first-order chi connectivity index (χ1) is 9.45. The fourth-order valence-corrected chi connectivity index (χ4v) is 1.71. The Morgan fingerprint density at radius 2 is 1.65 bits per heavy atom. The lowest BCUT2D eigenvalue weighted by Gasteiger charge is -2.20. The van der Waals surface area contributed by atoms with E-state index in [-0.39, 0.29) is 12.2 Å². The molecule has 0 aliphatic carbocycles. The number of ether oxygens (including phenoxy) is 1. The summed E-state index contributed by atoms with van der Waals surface area (Å²) in [6.45, 7) is -1.17. The Labute approximate surface area is 115 Å². The van der Waals surface area contributed by atoms with Crippen LogP contribution in [0.25, 0.3) is 0 Å². The topological polar surface area (TPSA) is 104 Å². The number of aliphatic carboxylic acids is 2. The zero-order valence-electron chi connectivity index (χ0n) is 10.9. The van der Waals surface area contributed by atoms with Crippen molar-refractivity contribution in [3.05, 3.63) is 35.4 Å². The Kier molecular flexibility index (Phi) is 5.67. The number of rotatable bonds is 7. The predicted octanol–water partition coefficient (Wildman–Crippen LogP) is 0.444. The van der Waals surface area contributed by atoms with E-state index in [1.54, 1.807) is 18.2 Å². The van der Waals surface area contributed by atoms with Crippen LogP contribution in [-0.4, -0.2) is 53.2 Å². The van der Waals surface area contributed by atoms with E-state index in [9.17, 15) is 14.4 Å². The Morgan fingerprint density at radius 3 is 2.15 bits per heavy atom. The number of hydrogen-bond donors (Lipinski definition) is 2. The third-order valence-corrected chi connectivity index (χ3v) is 2.49. The van der Waals surface area contributed by atoms with Crippen molar-refractivity contribution in [3.63, 3.8) is 0 Å². The largest absolute Gasteiger partial charge is 0.480 e. The molecule has 0 unspecified atom stereocenters. The molecule has 0 bridgehead atoms. The normalized spacial score (nSPS) is 10.1. The maximum Gasteiger partial charge on any atom is 0.323 e. The van der Waals surface area contributed by atoms with Crippen LogP contribution in [0.5, 0.6) is 0 Å². The Morgan fingerprint density at radius 1 is 1.10 bits per heavy atom. The lowest BCUT2D eigenvalue weighted by atomic mass is 10.1. The van der Waals surface area contributed by atoms with Crippen molar-refractivity contribution in [1.82, 2.24) is 4.90 Å². The molecule has 1 amide bonds. The number of amides is 1. The van der Waals surface area contributed by atoms with Crippen molar-refractivity contribution in [2.75, 3.05) is 20.2 Å². The van der Waals surface area contributed by atoms with Crippen LogP contribution in [0.3, 0.4) is 0 Å². The molecule has 0 saturated carbocycles. The van der Waals surface area contributed by atoms with E-state index in [2.05, 4.69) is 0 Å². The molecular weight excluding hydrogens is 266 g/mol. The number of hydrogen-bond acceptors (Lipinski definition) is 4. The molecule has 0 radical (unpaired) electrons. The maximum absolute atomic E-state index is 12.3. The van der Waals surface area contributed by atoms with Crippen LogP contribution in [-0.2, 0) is 20.9 Å². The predicted molar refractivity (Wildman–Crippen MR) is 68.3 cm³/mol. The number of benzene rings is 1. The van der Waals surface area contributed by atoms with Gasteiger partial charge in [-0.15, -0.1) is 0 Å². The van der Waals surface area contributed by atoms with Crippen molar-refractivity contribution in [3.8, 4) is 0 Å². The molecular formula is C13H15NO6. The van der Waals surface area contributed by atoms with Gasteiger partial charge in [0.1, 0.15) is 13.1 Å². The van der Waals surface area contributed by atoms with Gasteiger partial charge >= 0.3 is 11.9 Å². The number of carboxylic acid groups (broad SMARTS) is 2. The van der Waals surface area contributed by atoms with Crippen molar-refractivity contribution in [2.45, 2.75) is 6.61 Å². The van der Waals surface area contributed by atoms with Crippen molar-refractivity contribution < 1.29 is 29.3 Å². The molecule has 1 aromatic rings. The van der Waals surface area contributed by atoms with Crippen LogP contribution >= 0.6 is 0 Å². The molecule has 0 heterocycles. The van der Waals surface area contributed by atoms with Gasteiger partial charge in [-0.2, -0.15) is 0 Å². The van der Waals surface area contributed by atoms with Crippen molar-refractivity contribution >= 4 is 17.8 Å². The molecule has 7 nitrogen and oxygen atoms in total. The van der Waals surface area contributed by atoms with Crippen LogP contribution in [0, 0.1) is 0 Å². The van der Waals surface area contributed by atoms with Gasteiger partial charge < -0.3 is 19.8 Å². The second kappa shape index (κ2) is 7.25. The molecule has 108 valence electrons. The Hall–Kier alpha value is -2.41. The monoisotopic (exact) mass is 281 g/mol. The molecule has 0 aromatic heterocycles. The summed E-state index contributed by atoms with van der Waals surface area (Å²) < 4.78 is 4.96. The molecule has 0 atom stereocenters. The zero-order valence-corrected chi connectivity index (χ0v) is 10.9. The SMILES string of the molecule is COCc1ccccc1C(=O)N(CC(=O)O)CC(=O)O. The number of methoxy groups -OCH3 is 1. The van der Waals surface area contributed by atoms with Gasteiger partial charge in [0.15, 0.2) is 0 Å². The fourth-order valence-electron chi connectivity index (χ4n) is 1.71. The molecule has 1 aromatic carbocycles. The summed E-state index contributed by atoms with van der Waals surface area (Å²) in [5, 5.41) is 17.5. The summed E-state index contributed by atoms with van der Waals surface area (Å²) in [5.41, 5.74) is 0.803. The van der Waals surface area contributed by atoms with Gasteiger partial charge in [-0.05, 0) is 11.6 Å². The smallest absolute Gasteiger partial charge is 0.323 e. The number of carbonyl (C=O) groups excluding carboxylic acids is 1. The van der Waals surface area contributed by atoms with Crippen LogP contribution in [0.1, 0.15) is 15.9 Å². The van der Waals surface area contributed by atoms with Crippen LogP contribution < -0.4 is 0 Å². The maximum atomic E-state index is 12.3. The molecule has 1 rings (SSSR count). The minimum atomic E-state index is -1.27. The molecule has 0 aliphatic rings. The Balaban J connectivity index is 3.04. The average molecular weight is 281 g/mol. The van der Waals surface area contributed by atoms with E-state index in [0.29, 0.717) is 5.56 Å². The van der Waals surface area contributed by atoms with Crippen LogP contribution in [0.15, 0.2) is 24.3 Å². The van der Waals surface area contributed by atoms with E-state index in [1.807, 2.05) is 0 Å². The van der Waals surface area contributed by atoms with Gasteiger partial charge in [-0.3, -0.25) is 14.4 Å². The zero-order chi connectivity index (χ0) is 15.1. The van der Waals surface area contributed by atoms with Gasteiger partial charge in [0, 0.05) is 12.7 Å². The lowest BCUT2D eigenvalue weighted by Crippen LogP contribution is -2.39. The van der Waals surface area contributed by atoms with E-state index in [1.165, 1.54) is 13.2 Å². The Bertz CT molecular complexity index is 497. The molecule has 2 N–H and O–H groups in total. The van der Waals surface area contributed by atoms with Crippen molar-refractivity contribution in [1.29, 1.82) is 0 Å². The van der Waals surface area contributed by atoms with Gasteiger partial charge in [0.05, 0.1) is 6.61 Å². The van der Waals surface area contributed by atoms with E-state index >= 15 is 0 Å². The molecule has 0 spiro atoms. The highest BCUT2D eigenvalue weighted by Gasteiger charge is 2.22. The van der Waals surface area contributed by atoms with Crippen LogP contribution in [0.4, 0.5) is 0 Å². The lowest BCUT2D eigenvalue weighted by molar-refractivity contribution is -0.140. The summed E-state index contributed by atoms with van der Waals surface area (Å²) in [4.78, 5) is 34.5. The molecule has 0 saturated heterocycles. The minimum absolute atomic E-state index is 0.176. The van der Waals surface area contributed by atoms with Gasteiger partial charge in [0.2, 0.25) is 0 Å². The van der Waals surface area contributed by atoms with Gasteiger partial charge in [-0.1, -0.05) is 18.2 Å². The molecule has 0 fully saturated rings. The summed E-state index contributed by atoms with van der Waals surface area (Å²) in [5.74, 6) is -3.20. The minimum Gasteiger partial charge on any atom is -0.480 e. The summed E-state index contributed by atoms with van der Waals surface area (Å²) in [6, 6.07) is 6.50. The van der Waals surface area contributed by atoms with Crippen molar-refractivity contribution in [2.24, 2.45) is 0 Å². The molecule has 20 heavy (non-hydrogen) atoms. The highest BCUT2D eigenvalue weighted by Crippen LogP contribution is 2.13. The first kappa shape index (κ1) is 15.6. The highest BCUT2D eigenvalue weighted by molar-refractivity contribution is 5.98. The van der Waals surface area contributed by atoms with Gasteiger partial charge in [0.25, 0.3) is 5.91 Å². The second-order valence-corrected chi connectivity index (χ2v) is 4.04. The quantitative estimate of drug-likeness (QED) is 0.751. The fraction of sp³-hybridized carbons (Fsp3) is 0.308. The molecule has 0 aliphatic heterocycles. The molecule has 7 heteroatoms. The first-order valence-electron chi connectivity index (χ1n) is 5.75. The number of carboxylic acids is 2. The standard InChI is InChI=1S/C13H15NO6/c1-20-8-9-4-2-3-5-10(9)13(19)14(6-11(15)16)7-12(17)18/h2-5H,6-8H2,1H3,(H,15,16)(H,17,18). The van der Waals surface area contributed by atoms with E-state index < -0.39 is 30.9 Å². The number of carbonyl (C=O) groups is 3. The number of nitrogens with zero attached hydrogens (tertiary/aromatic N) is 1. The van der Waals surface area contributed by atoms with Gasteiger partial charge in [-0.25, -0.2) is 0 Å². The van der Waals surface area contributed by atoms with E-state index in [4.69, 9.17) is 14.9 Å². The summed E-state index contributed by atoms with van der Waals surface area (Å²) >= 11 is 0. The van der Waals surface area contributed by atoms with Crippen LogP contribution in [0.2, 0.25) is 0 Å². The second-order valence-electron chi connectivity index (χ2n) is 4.04. The average Bonchev–Trinajstić information content (AvgIpc) is 2.37. The first-order valence-corrected chi connectivity index (χ1v) is 5.75. The third kappa shape index (κ3) is 4.36. The summed E-state index contributed by atoms with van der Waals surface area (Å²) in [7, 11) is 1.47.